The molecule has 0 atom stereocenters. The monoisotopic (exact) mass is 362 g/mol. The molecule has 0 fully saturated rings. The van der Waals surface area contributed by atoms with Gasteiger partial charge in [0.25, 0.3) is 0 Å². The number of furan rings is 1. The normalized spacial score (nSPS) is 12.8. The van der Waals surface area contributed by atoms with E-state index in [1.54, 1.807) is 19.4 Å². The quantitative estimate of drug-likeness (QED) is 0.423. The highest BCUT2D eigenvalue weighted by atomic mass is 35.5. The van der Waals surface area contributed by atoms with Crippen LogP contribution >= 0.6 is 11.6 Å². The highest BCUT2D eigenvalue weighted by molar-refractivity contribution is 6.36. The smallest absolute Gasteiger partial charge is 0.157 e. The van der Waals surface area contributed by atoms with E-state index in [1.807, 2.05) is 48.5 Å². The van der Waals surface area contributed by atoms with Crippen LogP contribution in [0.2, 0.25) is 5.02 Å². The van der Waals surface area contributed by atoms with Crippen LogP contribution in [-0.4, -0.2) is 23.7 Å². The van der Waals surface area contributed by atoms with E-state index in [1.165, 1.54) is 0 Å². The zero-order valence-corrected chi connectivity index (χ0v) is 14.7. The van der Waals surface area contributed by atoms with Crippen molar-refractivity contribution in [3.8, 4) is 0 Å². The number of fused-ring (bicyclic) bond motifs is 3. The molecule has 128 valence electrons. The Kier molecular flexibility index (Phi) is 4.14. The van der Waals surface area contributed by atoms with Crippen LogP contribution in [0.4, 0.5) is 0 Å². The number of hydrogen-bond donors (Lipinski definition) is 1. The maximum atomic E-state index is 6.22. The number of hydrogen-bond acceptors (Lipinski definition) is 3. The first kappa shape index (κ1) is 16.3. The van der Waals surface area contributed by atoms with Crippen molar-refractivity contribution in [3.05, 3.63) is 77.1 Å². The van der Waals surface area contributed by atoms with Gasteiger partial charge in [0.1, 0.15) is 16.4 Å². The molecular formula is C20H15ClN4O. The van der Waals surface area contributed by atoms with Crippen LogP contribution in [0.3, 0.4) is 0 Å². The van der Waals surface area contributed by atoms with Crippen molar-refractivity contribution in [1.29, 1.82) is 0 Å². The number of aromatic nitrogens is 1. The summed E-state index contributed by atoms with van der Waals surface area (Å²) in [6.45, 7) is 0. The summed E-state index contributed by atoms with van der Waals surface area (Å²) in [7, 11) is 1.68. The lowest BCUT2D eigenvalue weighted by atomic mass is 10.1. The van der Waals surface area contributed by atoms with Crippen molar-refractivity contribution in [2.45, 2.75) is 0 Å². The number of amidine groups is 2. The molecule has 2 aromatic heterocycles. The number of benzene rings is 2. The first-order valence-electron chi connectivity index (χ1n) is 8.00. The third-order valence-electron chi connectivity index (χ3n) is 4.11. The second-order valence-electron chi connectivity index (χ2n) is 5.69. The second-order valence-corrected chi connectivity index (χ2v) is 6.10. The van der Waals surface area contributed by atoms with Crippen LogP contribution in [0.15, 0.2) is 75.3 Å². The number of nitrogens with two attached hydrogens (primary N) is 1. The number of pyridine rings is 1. The molecule has 4 rings (SSSR count). The van der Waals surface area contributed by atoms with Crippen molar-refractivity contribution >= 4 is 45.2 Å². The van der Waals surface area contributed by atoms with Gasteiger partial charge >= 0.3 is 0 Å². The van der Waals surface area contributed by atoms with Crippen LogP contribution < -0.4 is 5.73 Å². The maximum Gasteiger partial charge on any atom is 0.157 e. The molecule has 0 saturated carbocycles. The predicted molar refractivity (Wildman–Crippen MR) is 106 cm³/mol. The third-order valence-corrected chi connectivity index (χ3v) is 4.38. The Morgan fingerprint density at radius 1 is 1.08 bits per heavy atom. The fourth-order valence-corrected chi connectivity index (χ4v) is 3.11. The molecule has 0 unspecified atom stereocenters. The van der Waals surface area contributed by atoms with Gasteiger partial charge in [0.15, 0.2) is 11.4 Å². The SMILES string of the molecule is CN=C(N=C(N)c1ccccc1)c1cccc2oc3c(Cl)cncc3c12. The Hall–Kier alpha value is -3.18. The van der Waals surface area contributed by atoms with Gasteiger partial charge in [-0.1, -0.05) is 54.1 Å². The highest BCUT2D eigenvalue weighted by Gasteiger charge is 2.16. The van der Waals surface area contributed by atoms with Gasteiger partial charge in [-0.2, -0.15) is 0 Å². The summed E-state index contributed by atoms with van der Waals surface area (Å²) < 4.78 is 5.90. The Labute approximate surface area is 154 Å². The van der Waals surface area contributed by atoms with E-state index in [4.69, 9.17) is 21.8 Å². The first-order chi connectivity index (χ1) is 12.7. The standard InChI is InChI=1S/C20H15ClN4O/c1-23-20(25-19(22)12-6-3-2-4-7-12)13-8-5-9-16-17(13)14-10-24-11-15(21)18(14)26-16/h2-11H,1H3,(H2,22,23,25). The molecule has 6 heteroatoms. The van der Waals surface area contributed by atoms with Gasteiger partial charge in [-0.3, -0.25) is 9.98 Å². The number of aliphatic imine (C=N–C) groups is 2. The molecule has 0 bridgehead atoms. The van der Waals surface area contributed by atoms with Crippen molar-refractivity contribution in [2.24, 2.45) is 15.7 Å². The molecule has 4 aromatic rings. The van der Waals surface area contributed by atoms with Crippen LogP contribution in [0.25, 0.3) is 21.9 Å². The van der Waals surface area contributed by atoms with Gasteiger partial charge in [0.2, 0.25) is 0 Å². The molecule has 0 aliphatic heterocycles. The zero-order valence-electron chi connectivity index (χ0n) is 14.0. The van der Waals surface area contributed by atoms with Crippen molar-refractivity contribution in [3.63, 3.8) is 0 Å². The molecule has 2 heterocycles. The average Bonchev–Trinajstić information content (AvgIpc) is 3.07. The molecular weight excluding hydrogens is 348 g/mol. The van der Waals surface area contributed by atoms with E-state index in [0.29, 0.717) is 27.9 Å². The molecule has 0 aliphatic carbocycles. The Morgan fingerprint density at radius 2 is 1.88 bits per heavy atom. The minimum Gasteiger partial charge on any atom is -0.454 e. The summed E-state index contributed by atoms with van der Waals surface area (Å²) in [6.07, 6.45) is 3.29. The molecule has 2 aromatic carbocycles. The van der Waals surface area contributed by atoms with Crippen molar-refractivity contribution in [2.75, 3.05) is 7.05 Å². The molecule has 0 amide bonds. The number of rotatable bonds is 2. The molecule has 26 heavy (non-hydrogen) atoms. The summed E-state index contributed by atoms with van der Waals surface area (Å²) in [4.78, 5) is 13.1. The summed E-state index contributed by atoms with van der Waals surface area (Å²) in [5.41, 5.74) is 9.12. The molecule has 0 saturated heterocycles. The number of nitrogens with zero attached hydrogens (tertiary/aromatic N) is 3. The van der Waals surface area contributed by atoms with E-state index < -0.39 is 0 Å². The van der Waals surface area contributed by atoms with Crippen LogP contribution in [0, 0.1) is 0 Å². The Morgan fingerprint density at radius 3 is 2.65 bits per heavy atom. The van der Waals surface area contributed by atoms with Crippen LogP contribution in [-0.2, 0) is 0 Å². The molecule has 0 spiro atoms. The molecule has 0 radical (unpaired) electrons. The van der Waals surface area contributed by atoms with E-state index in [2.05, 4.69) is 15.0 Å². The van der Waals surface area contributed by atoms with Crippen LogP contribution in [0.1, 0.15) is 11.1 Å². The summed E-state index contributed by atoms with van der Waals surface area (Å²) in [5.74, 6) is 0.909. The zero-order chi connectivity index (χ0) is 18.1. The van der Waals surface area contributed by atoms with Crippen molar-refractivity contribution in [1.82, 2.24) is 4.98 Å². The summed E-state index contributed by atoms with van der Waals surface area (Å²) in [5, 5.41) is 2.15. The largest absolute Gasteiger partial charge is 0.454 e. The van der Waals surface area contributed by atoms with Gasteiger partial charge in [-0.05, 0) is 6.07 Å². The lowest BCUT2D eigenvalue weighted by molar-refractivity contribution is 0.668. The fraction of sp³-hybridized carbons (Fsp3) is 0.0500. The van der Waals surface area contributed by atoms with E-state index >= 15 is 0 Å². The lowest BCUT2D eigenvalue weighted by Gasteiger charge is -2.05. The van der Waals surface area contributed by atoms with Gasteiger partial charge in [0.05, 0.1) is 0 Å². The Bertz CT molecular complexity index is 1160. The maximum absolute atomic E-state index is 6.22. The van der Waals surface area contributed by atoms with E-state index in [9.17, 15) is 0 Å². The van der Waals surface area contributed by atoms with Gasteiger partial charge in [0, 0.05) is 41.3 Å². The van der Waals surface area contributed by atoms with Gasteiger partial charge < -0.3 is 10.2 Å². The van der Waals surface area contributed by atoms with E-state index in [0.717, 1.165) is 21.9 Å². The second kappa shape index (κ2) is 6.61. The molecule has 0 aliphatic rings. The minimum absolute atomic E-state index is 0.396. The fourth-order valence-electron chi connectivity index (χ4n) is 2.91. The topological polar surface area (TPSA) is 76.8 Å². The average molecular weight is 363 g/mol. The number of halogens is 1. The van der Waals surface area contributed by atoms with Gasteiger partial charge in [-0.15, -0.1) is 0 Å². The first-order valence-corrected chi connectivity index (χ1v) is 8.38. The van der Waals surface area contributed by atoms with E-state index in [-0.39, 0.29) is 0 Å². The summed E-state index contributed by atoms with van der Waals surface area (Å²) >= 11 is 6.22. The van der Waals surface area contributed by atoms with Crippen molar-refractivity contribution < 1.29 is 4.42 Å². The predicted octanol–water partition coefficient (Wildman–Crippen LogP) is 4.42. The third kappa shape index (κ3) is 2.72. The highest BCUT2D eigenvalue weighted by Crippen LogP contribution is 2.34. The molecule has 2 N–H and O–H groups in total. The van der Waals surface area contributed by atoms with Gasteiger partial charge in [-0.25, -0.2) is 4.99 Å². The lowest BCUT2D eigenvalue weighted by Crippen LogP contribution is -2.16. The Balaban J connectivity index is 1.93. The minimum atomic E-state index is 0.396. The summed E-state index contributed by atoms with van der Waals surface area (Å²) in [6, 6.07) is 15.3. The molecule has 5 nitrogen and oxygen atoms in total. The van der Waals surface area contributed by atoms with Crippen LogP contribution in [0.5, 0.6) is 0 Å².